The second-order valence-electron chi connectivity index (χ2n) is 4.73. The Bertz CT molecular complexity index is 547. The van der Waals surface area contributed by atoms with Crippen molar-refractivity contribution in [2.75, 3.05) is 12.4 Å². The second-order valence-corrected chi connectivity index (χ2v) is 4.73. The maximum absolute atomic E-state index is 6.37. The first kappa shape index (κ1) is 12.7. The number of anilines is 1. The van der Waals surface area contributed by atoms with Gasteiger partial charge in [-0.05, 0) is 36.6 Å². The summed E-state index contributed by atoms with van der Waals surface area (Å²) >= 11 is 0. The molecule has 2 rings (SSSR count). The molecule has 0 amide bonds. The zero-order valence-corrected chi connectivity index (χ0v) is 11.2. The van der Waals surface area contributed by atoms with E-state index in [1.807, 2.05) is 7.05 Å². The van der Waals surface area contributed by atoms with Crippen LogP contribution in [0.15, 0.2) is 42.5 Å². The zero-order valence-electron chi connectivity index (χ0n) is 11.2. The van der Waals surface area contributed by atoms with E-state index in [1.54, 1.807) is 0 Å². The van der Waals surface area contributed by atoms with Crippen molar-refractivity contribution >= 4 is 5.69 Å². The van der Waals surface area contributed by atoms with Gasteiger partial charge < -0.3 is 11.1 Å². The first-order valence-corrected chi connectivity index (χ1v) is 6.22. The Balaban J connectivity index is 2.42. The van der Waals surface area contributed by atoms with Crippen LogP contribution < -0.4 is 11.1 Å². The third kappa shape index (κ3) is 2.54. The summed E-state index contributed by atoms with van der Waals surface area (Å²) in [6.07, 6.45) is 0. The Hall–Kier alpha value is -1.80. The van der Waals surface area contributed by atoms with Gasteiger partial charge >= 0.3 is 0 Å². The molecule has 0 heterocycles. The minimum Gasteiger partial charge on any atom is -0.388 e. The molecule has 1 atom stereocenters. The lowest BCUT2D eigenvalue weighted by atomic mass is 9.96. The number of rotatable bonds is 3. The first-order chi connectivity index (χ1) is 8.61. The van der Waals surface area contributed by atoms with Crippen molar-refractivity contribution in [2.45, 2.75) is 19.9 Å². The number of aryl methyl sites for hydroxylation is 2. The van der Waals surface area contributed by atoms with Gasteiger partial charge in [-0.1, -0.05) is 42.0 Å². The Morgan fingerprint density at radius 1 is 1.00 bits per heavy atom. The molecule has 0 aromatic heterocycles. The number of nitrogens with one attached hydrogen (secondary N) is 1. The SMILES string of the molecule is CNc1cc(C)ccc1C(N)c1cccc(C)c1. The smallest absolute Gasteiger partial charge is 0.0572 e. The van der Waals surface area contributed by atoms with E-state index < -0.39 is 0 Å². The molecule has 18 heavy (non-hydrogen) atoms. The summed E-state index contributed by atoms with van der Waals surface area (Å²) in [6.45, 7) is 4.17. The van der Waals surface area contributed by atoms with Gasteiger partial charge in [0.1, 0.15) is 0 Å². The van der Waals surface area contributed by atoms with E-state index in [0.29, 0.717) is 0 Å². The molecule has 2 aromatic carbocycles. The molecular weight excluding hydrogens is 220 g/mol. The van der Waals surface area contributed by atoms with Crippen LogP contribution in [0.1, 0.15) is 28.3 Å². The average Bonchev–Trinajstić information content (AvgIpc) is 2.37. The van der Waals surface area contributed by atoms with Crippen LogP contribution in [0.4, 0.5) is 5.69 Å². The minimum atomic E-state index is -0.0899. The maximum Gasteiger partial charge on any atom is 0.0572 e. The number of hydrogen-bond acceptors (Lipinski definition) is 2. The fourth-order valence-electron chi connectivity index (χ4n) is 2.20. The highest BCUT2D eigenvalue weighted by Crippen LogP contribution is 2.27. The molecule has 0 fully saturated rings. The van der Waals surface area contributed by atoms with Gasteiger partial charge in [0, 0.05) is 12.7 Å². The number of nitrogens with two attached hydrogens (primary N) is 1. The summed E-state index contributed by atoms with van der Waals surface area (Å²) in [4.78, 5) is 0. The predicted molar refractivity (Wildman–Crippen MR) is 77.9 cm³/mol. The third-order valence-electron chi connectivity index (χ3n) is 3.21. The molecule has 0 bridgehead atoms. The summed E-state index contributed by atoms with van der Waals surface area (Å²) < 4.78 is 0. The largest absolute Gasteiger partial charge is 0.388 e. The third-order valence-corrected chi connectivity index (χ3v) is 3.21. The normalized spacial score (nSPS) is 12.2. The Morgan fingerprint density at radius 2 is 1.72 bits per heavy atom. The average molecular weight is 240 g/mol. The van der Waals surface area contributed by atoms with Crippen LogP contribution in [0.3, 0.4) is 0 Å². The Kier molecular flexibility index (Phi) is 3.68. The maximum atomic E-state index is 6.37. The standard InChI is InChI=1S/C16H20N2/c1-11-5-4-6-13(9-11)16(17)14-8-7-12(2)10-15(14)18-3/h4-10,16,18H,17H2,1-3H3. The van der Waals surface area contributed by atoms with Crippen molar-refractivity contribution in [1.29, 1.82) is 0 Å². The minimum absolute atomic E-state index is 0.0899. The van der Waals surface area contributed by atoms with Gasteiger partial charge in [0.2, 0.25) is 0 Å². The number of benzene rings is 2. The summed E-state index contributed by atoms with van der Waals surface area (Å²) in [5.41, 5.74) is 12.2. The second kappa shape index (κ2) is 5.23. The zero-order chi connectivity index (χ0) is 13.1. The van der Waals surface area contributed by atoms with Gasteiger partial charge in [-0.25, -0.2) is 0 Å². The molecule has 0 aliphatic carbocycles. The van der Waals surface area contributed by atoms with Gasteiger partial charge in [-0.2, -0.15) is 0 Å². The van der Waals surface area contributed by atoms with E-state index in [1.165, 1.54) is 11.1 Å². The van der Waals surface area contributed by atoms with Crippen molar-refractivity contribution in [1.82, 2.24) is 0 Å². The molecule has 0 aliphatic rings. The summed E-state index contributed by atoms with van der Waals surface area (Å²) in [5.74, 6) is 0. The summed E-state index contributed by atoms with van der Waals surface area (Å²) in [6, 6.07) is 14.6. The molecule has 0 saturated carbocycles. The lowest BCUT2D eigenvalue weighted by Crippen LogP contribution is -2.14. The molecule has 0 aliphatic heterocycles. The molecule has 2 nitrogen and oxygen atoms in total. The summed E-state index contributed by atoms with van der Waals surface area (Å²) in [5, 5.41) is 3.22. The van der Waals surface area contributed by atoms with E-state index in [-0.39, 0.29) is 6.04 Å². The highest BCUT2D eigenvalue weighted by atomic mass is 14.8. The van der Waals surface area contributed by atoms with Crippen molar-refractivity contribution in [3.05, 3.63) is 64.7 Å². The Labute approximate surface area is 109 Å². The molecular formula is C16H20N2. The van der Waals surface area contributed by atoms with Crippen molar-refractivity contribution < 1.29 is 0 Å². The molecule has 0 saturated heterocycles. The van der Waals surface area contributed by atoms with Crippen LogP contribution in [0.2, 0.25) is 0 Å². The molecule has 0 spiro atoms. The van der Waals surface area contributed by atoms with Crippen LogP contribution in [-0.4, -0.2) is 7.05 Å². The summed E-state index contributed by atoms with van der Waals surface area (Å²) in [7, 11) is 1.93. The quantitative estimate of drug-likeness (QED) is 0.863. The van der Waals surface area contributed by atoms with Gasteiger partial charge in [0.15, 0.2) is 0 Å². The van der Waals surface area contributed by atoms with E-state index in [2.05, 4.69) is 61.6 Å². The fourth-order valence-corrected chi connectivity index (χ4v) is 2.20. The van der Waals surface area contributed by atoms with Crippen LogP contribution in [0, 0.1) is 13.8 Å². The monoisotopic (exact) mass is 240 g/mol. The molecule has 0 radical (unpaired) electrons. The van der Waals surface area contributed by atoms with Gasteiger partial charge in [-0.15, -0.1) is 0 Å². The van der Waals surface area contributed by atoms with Gasteiger partial charge in [-0.3, -0.25) is 0 Å². The van der Waals surface area contributed by atoms with Crippen LogP contribution in [0.5, 0.6) is 0 Å². The van der Waals surface area contributed by atoms with Crippen molar-refractivity contribution in [3.8, 4) is 0 Å². The van der Waals surface area contributed by atoms with Crippen molar-refractivity contribution in [3.63, 3.8) is 0 Å². The van der Waals surface area contributed by atoms with Gasteiger partial charge in [0.05, 0.1) is 6.04 Å². The highest BCUT2D eigenvalue weighted by molar-refractivity contribution is 5.56. The molecule has 3 N–H and O–H groups in total. The lowest BCUT2D eigenvalue weighted by molar-refractivity contribution is 0.870. The first-order valence-electron chi connectivity index (χ1n) is 6.22. The lowest BCUT2D eigenvalue weighted by Gasteiger charge is -2.18. The molecule has 2 aromatic rings. The number of hydrogen-bond donors (Lipinski definition) is 2. The van der Waals surface area contributed by atoms with Gasteiger partial charge in [0.25, 0.3) is 0 Å². The van der Waals surface area contributed by atoms with Crippen molar-refractivity contribution in [2.24, 2.45) is 5.73 Å². The molecule has 1 unspecified atom stereocenters. The highest BCUT2D eigenvalue weighted by Gasteiger charge is 2.12. The predicted octanol–water partition coefficient (Wildman–Crippen LogP) is 3.39. The van der Waals surface area contributed by atoms with E-state index in [9.17, 15) is 0 Å². The van der Waals surface area contributed by atoms with E-state index >= 15 is 0 Å². The molecule has 94 valence electrons. The van der Waals surface area contributed by atoms with E-state index in [4.69, 9.17) is 5.73 Å². The van der Waals surface area contributed by atoms with Crippen LogP contribution >= 0.6 is 0 Å². The fraction of sp³-hybridized carbons (Fsp3) is 0.250. The Morgan fingerprint density at radius 3 is 2.39 bits per heavy atom. The van der Waals surface area contributed by atoms with Crippen LogP contribution in [0.25, 0.3) is 0 Å². The topological polar surface area (TPSA) is 38.0 Å². The van der Waals surface area contributed by atoms with Crippen LogP contribution in [-0.2, 0) is 0 Å². The molecule has 2 heteroatoms. The van der Waals surface area contributed by atoms with E-state index in [0.717, 1.165) is 16.8 Å².